The fourth-order valence-corrected chi connectivity index (χ4v) is 1.58. The number of ether oxygens (including phenoxy) is 2. The first kappa shape index (κ1) is 17.8. The number of carbonyl (C=O) groups is 2. The third kappa shape index (κ3) is 8.52. The van der Waals surface area contributed by atoms with Crippen molar-refractivity contribution < 1.29 is 19.1 Å². The summed E-state index contributed by atoms with van der Waals surface area (Å²) in [6, 6.07) is 0. The van der Waals surface area contributed by atoms with Crippen LogP contribution in [0.4, 0.5) is 0 Å². The van der Waals surface area contributed by atoms with E-state index in [2.05, 4.69) is 9.47 Å². The lowest BCUT2D eigenvalue weighted by atomic mass is 10.4. The fraction of sp³-hybridized carbons (Fsp3) is 0.833. The normalized spacial score (nSPS) is 10.8. The molecule has 19 heavy (non-hydrogen) atoms. The zero-order chi connectivity index (χ0) is 14.7. The second-order valence-corrected chi connectivity index (χ2v) is 4.09. The Morgan fingerprint density at radius 2 is 1.42 bits per heavy atom. The molecular weight excluding hydrogens is 250 g/mol. The molecule has 0 radical (unpaired) electrons. The van der Waals surface area contributed by atoms with Gasteiger partial charge < -0.3 is 15.2 Å². The molecule has 0 aliphatic heterocycles. The van der Waals surface area contributed by atoms with Gasteiger partial charge in [0.25, 0.3) is 0 Å². The standard InChI is InChI=1S/C12H25N3O4/c1-4-14(9-11(16)18-2)7-8-15(6-5-13)10-12(17)19-3/h4-10,13H2,1-3H3. The van der Waals surface area contributed by atoms with Gasteiger partial charge in [-0.25, -0.2) is 0 Å². The number of methoxy groups -OCH3 is 2. The maximum absolute atomic E-state index is 11.2. The van der Waals surface area contributed by atoms with E-state index in [9.17, 15) is 9.59 Å². The Hall–Kier alpha value is -1.18. The Balaban J connectivity index is 4.18. The van der Waals surface area contributed by atoms with Gasteiger partial charge in [-0.15, -0.1) is 0 Å². The van der Waals surface area contributed by atoms with Crippen LogP contribution >= 0.6 is 0 Å². The third-order valence-corrected chi connectivity index (χ3v) is 2.79. The van der Waals surface area contributed by atoms with Gasteiger partial charge in [0, 0.05) is 26.2 Å². The van der Waals surface area contributed by atoms with Crippen molar-refractivity contribution in [3.63, 3.8) is 0 Å². The molecule has 0 fully saturated rings. The number of likely N-dealkylation sites (N-methyl/N-ethyl adjacent to an activating group) is 1. The molecule has 0 aromatic carbocycles. The van der Waals surface area contributed by atoms with Crippen molar-refractivity contribution in [1.29, 1.82) is 0 Å². The number of hydrogen-bond donors (Lipinski definition) is 1. The average molecular weight is 275 g/mol. The lowest BCUT2D eigenvalue weighted by Crippen LogP contribution is -2.41. The minimum atomic E-state index is -0.288. The molecule has 0 saturated heterocycles. The Kier molecular flexibility index (Phi) is 10.1. The first-order valence-electron chi connectivity index (χ1n) is 6.35. The number of carbonyl (C=O) groups excluding carboxylic acids is 2. The number of rotatable bonds is 10. The maximum Gasteiger partial charge on any atom is 0.319 e. The molecule has 7 nitrogen and oxygen atoms in total. The van der Waals surface area contributed by atoms with Crippen molar-refractivity contribution in [2.24, 2.45) is 5.73 Å². The average Bonchev–Trinajstić information content (AvgIpc) is 2.42. The zero-order valence-corrected chi connectivity index (χ0v) is 12.1. The summed E-state index contributed by atoms with van der Waals surface area (Å²) in [5.74, 6) is -0.551. The van der Waals surface area contributed by atoms with Gasteiger partial charge in [0.15, 0.2) is 0 Å². The topological polar surface area (TPSA) is 85.1 Å². The fourth-order valence-electron chi connectivity index (χ4n) is 1.58. The number of hydrogen-bond acceptors (Lipinski definition) is 7. The lowest BCUT2D eigenvalue weighted by Gasteiger charge is -2.25. The van der Waals surface area contributed by atoms with Crippen molar-refractivity contribution in [3.05, 3.63) is 0 Å². The van der Waals surface area contributed by atoms with E-state index < -0.39 is 0 Å². The molecule has 0 aliphatic carbocycles. The summed E-state index contributed by atoms with van der Waals surface area (Å²) in [5.41, 5.74) is 5.51. The Morgan fingerprint density at radius 1 is 0.947 bits per heavy atom. The highest BCUT2D eigenvalue weighted by Crippen LogP contribution is 1.94. The monoisotopic (exact) mass is 275 g/mol. The van der Waals surface area contributed by atoms with Crippen molar-refractivity contribution >= 4 is 11.9 Å². The van der Waals surface area contributed by atoms with Gasteiger partial charge in [-0.3, -0.25) is 19.4 Å². The predicted octanol–water partition coefficient (Wildman–Crippen LogP) is -1.08. The van der Waals surface area contributed by atoms with E-state index in [-0.39, 0.29) is 25.0 Å². The molecule has 0 saturated carbocycles. The van der Waals surface area contributed by atoms with Crippen molar-refractivity contribution in [2.45, 2.75) is 6.92 Å². The molecule has 0 heterocycles. The summed E-state index contributed by atoms with van der Waals surface area (Å²) in [4.78, 5) is 26.3. The zero-order valence-electron chi connectivity index (χ0n) is 12.1. The number of nitrogens with two attached hydrogens (primary N) is 1. The van der Waals surface area contributed by atoms with E-state index in [1.54, 1.807) is 0 Å². The van der Waals surface area contributed by atoms with E-state index in [1.165, 1.54) is 14.2 Å². The van der Waals surface area contributed by atoms with Gasteiger partial charge in [-0.05, 0) is 6.54 Å². The van der Waals surface area contributed by atoms with E-state index >= 15 is 0 Å². The van der Waals surface area contributed by atoms with E-state index in [4.69, 9.17) is 5.73 Å². The van der Waals surface area contributed by atoms with Gasteiger partial charge in [0.1, 0.15) is 0 Å². The second kappa shape index (κ2) is 10.7. The summed E-state index contributed by atoms with van der Waals surface area (Å²) >= 11 is 0. The van der Waals surface area contributed by atoms with Crippen LogP contribution in [0.2, 0.25) is 0 Å². The van der Waals surface area contributed by atoms with Crippen LogP contribution in [-0.2, 0) is 19.1 Å². The van der Waals surface area contributed by atoms with E-state index in [1.807, 2.05) is 16.7 Å². The van der Waals surface area contributed by atoms with Crippen LogP contribution in [0, 0.1) is 0 Å². The molecular formula is C12H25N3O4. The van der Waals surface area contributed by atoms with Crippen molar-refractivity contribution in [2.75, 3.05) is 60.0 Å². The molecule has 0 aromatic rings. The molecule has 0 bridgehead atoms. The summed E-state index contributed by atoms with van der Waals surface area (Å²) in [7, 11) is 2.73. The molecule has 0 unspecified atom stereocenters. The smallest absolute Gasteiger partial charge is 0.319 e. The highest BCUT2D eigenvalue weighted by Gasteiger charge is 2.13. The summed E-state index contributed by atoms with van der Waals surface area (Å²) in [5, 5.41) is 0. The van der Waals surface area contributed by atoms with Gasteiger partial charge in [0.2, 0.25) is 0 Å². The van der Waals surface area contributed by atoms with Crippen LogP contribution in [0.25, 0.3) is 0 Å². The van der Waals surface area contributed by atoms with Gasteiger partial charge in [0.05, 0.1) is 27.3 Å². The molecule has 0 amide bonds. The SMILES string of the molecule is CCN(CCN(CCN)CC(=O)OC)CC(=O)OC. The first-order chi connectivity index (χ1) is 9.07. The lowest BCUT2D eigenvalue weighted by molar-refractivity contribution is -0.143. The van der Waals surface area contributed by atoms with Crippen LogP contribution in [0.5, 0.6) is 0 Å². The van der Waals surface area contributed by atoms with Crippen LogP contribution in [0.15, 0.2) is 0 Å². The van der Waals surface area contributed by atoms with Gasteiger partial charge in [-0.1, -0.05) is 6.92 Å². The molecule has 7 heteroatoms. The third-order valence-electron chi connectivity index (χ3n) is 2.79. The molecule has 0 aromatic heterocycles. The number of nitrogens with zero attached hydrogens (tertiary/aromatic N) is 2. The second-order valence-electron chi connectivity index (χ2n) is 4.09. The highest BCUT2D eigenvalue weighted by molar-refractivity contribution is 5.71. The van der Waals surface area contributed by atoms with Crippen LogP contribution in [0.1, 0.15) is 6.92 Å². The van der Waals surface area contributed by atoms with Crippen LogP contribution in [0.3, 0.4) is 0 Å². The Morgan fingerprint density at radius 3 is 1.84 bits per heavy atom. The molecule has 0 aliphatic rings. The predicted molar refractivity (Wildman–Crippen MR) is 71.6 cm³/mol. The van der Waals surface area contributed by atoms with Crippen LogP contribution in [-0.4, -0.2) is 81.8 Å². The van der Waals surface area contributed by atoms with Crippen molar-refractivity contribution in [3.8, 4) is 0 Å². The van der Waals surface area contributed by atoms with E-state index in [0.29, 0.717) is 26.2 Å². The maximum atomic E-state index is 11.2. The summed E-state index contributed by atoms with van der Waals surface area (Å²) in [6.07, 6.45) is 0. The Bertz CT molecular complexity index is 274. The first-order valence-corrected chi connectivity index (χ1v) is 6.35. The molecule has 0 spiro atoms. The summed E-state index contributed by atoms with van der Waals surface area (Å²) in [6.45, 7) is 5.58. The van der Waals surface area contributed by atoms with Crippen molar-refractivity contribution in [1.82, 2.24) is 9.80 Å². The molecule has 0 atom stereocenters. The quantitative estimate of drug-likeness (QED) is 0.507. The highest BCUT2D eigenvalue weighted by atomic mass is 16.5. The molecule has 112 valence electrons. The molecule has 2 N–H and O–H groups in total. The number of esters is 2. The van der Waals surface area contributed by atoms with Gasteiger partial charge in [-0.2, -0.15) is 0 Å². The van der Waals surface area contributed by atoms with Gasteiger partial charge >= 0.3 is 11.9 Å². The largest absolute Gasteiger partial charge is 0.468 e. The minimum Gasteiger partial charge on any atom is -0.468 e. The summed E-state index contributed by atoms with van der Waals surface area (Å²) < 4.78 is 9.26. The molecule has 0 rings (SSSR count). The Labute approximate surface area is 114 Å². The van der Waals surface area contributed by atoms with E-state index in [0.717, 1.165) is 6.54 Å². The minimum absolute atomic E-state index is 0.212. The van der Waals surface area contributed by atoms with Crippen LogP contribution < -0.4 is 5.73 Å².